The molecule has 0 saturated heterocycles. The van der Waals surface area contributed by atoms with Crippen LogP contribution < -0.4 is 10.2 Å². The second-order valence-corrected chi connectivity index (χ2v) is 6.42. The molecule has 5 nitrogen and oxygen atoms in total. The van der Waals surface area contributed by atoms with Gasteiger partial charge in [-0.2, -0.15) is 5.10 Å². The molecule has 1 amide bonds. The van der Waals surface area contributed by atoms with Crippen molar-refractivity contribution in [2.75, 3.05) is 0 Å². The lowest BCUT2D eigenvalue weighted by atomic mass is 10.1. The summed E-state index contributed by atoms with van der Waals surface area (Å²) in [6, 6.07) is 20.6. The van der Waals surface area contributed by atoms with Crippen molar-refractivity contribution in [1.29, 1.82) is 0 Å². The van der Waals surface area contributed by atoms with Crippen LogP contribution in [0.4, 0.5) is 0 Å². The molecule has 0 heterocycles. The zero-order chi connectivity index (χ0) is 19.9. The van der Waals surface area contributed by atoms with Gasteiger partial charge in [-0.3, -0.25) is 4.79 Å². The van der Waals surface area contributed by atoms with Crippen LogP contribution in [0, 0.1) is 6.92 Å². The van der Waals surface area contributed by atoms with E-state index in [-0.39, 0.29) is 5.91 Å². The van der Waals surface area contributed by atoms with Crippen LogP contribution in [0.5, 0.6) is 5.75 Å². The van der Waals surface area contributed by atoms with Crippen molar-refractivity contribution in [1.82, 2.24) is 5.43 Å². The minimum absolute atomic E-state index is 0.359. The molecule has 3 aromatic rings. The van der Waals surface area contributed by atoms with Gasteiger partial charge in [0.25, 0.3) is 5.91 Å². The number of hydrazone groups is 1. The van der Waals surface area contributed by atoms with Crippen LogP contribution in [0.15, 0.2) is 77.9 Å². The number of hydrogen-bond acceptors (Lipinski definition) is 4. The van der Waals surface area contributed by atoms with Crippen LogP contribution in [-0.4, -0.2) is 18.1 Å². The van der Waals surface area contributed by atoms with Crippen molar-refractivity contribution in [2.24, 2.45) is 5.10 Å². The molecule has 0 unspecified atom stereocenters. The first-order chi connectivity index (χ1) is 13.5. The first-order valence-corrected chi connectivity index (χ1v) is 8.87. The number of amides is 1. The number of esters is 1. The number of rotatable bonds is 5. The van der Waals surface area contributed by atoms with Gasteiger partial charge in [0, 0.05) is 10.6 Å². The smallest absolute Gasteiger partial charge is 0.343 e. The molecule has 0 fully saturated rings. The monoisotopic (exact) mass is 392 g/mol. The average molecular weight is 393 g/mol. The second kappa shape index (κ2) is 8.97. The van der Waals surface area contributed by atoms with Crippen molar-refractivity contribution >= 4 is 29.7 Å². The maximum absolute atomic E-state index is 12.2. The highest BCUT2D eigenvalue weighted by Gasteiger charge is 2.10. The van der Waals surface area contributed by atoms with E-state index >= 15 is 0 Å². The summed E-state index contributed by atoms with van der Waals surface area (Å²) in [5.41, 5.74) is 4.97. The molecule has 1 N–H and O–H groups in total. The molecule has 3 aromatic carbocycles. The molecule has 0 spiro atoms. The Balaban J connectivity index is 1.58. The van der Waals surface area contributed by atoms with Gasteiger partial charge in [-0.15, -0.1) is 0 Å². The van der Waals surface area contributed by atoms with Crippen LogP contribution >= 0.6 is 11.6 Å². The van der Waals surface area contributed by atoms with E-state index in [0.29, 0.717) is 21.9 Å². The van der Waals surface area contributed by atoms with Gasteiger partial charge < -0.3 is 4.74 Å². The van der Waals surface area contributed by atoms with Crippen LogP contribution in [0.3, 0.4) is 0 Å². The number of ether oxygens (including phenoxy) is 1. The van der Waals surface area contributed by atoms with Crippen molar-refractivity contribution in [2.45, 2.75) is 6.92 Å². The Morgan fingerprint density at radius 2 is 1.75 bits per heavy atom. The van der Waals surface area contributed by atoms with Gasteiger partial charge in [0.2, 0.25) is 0 Å². The summed E-state index contributed by atoms with van der Waals surface area (Å²) in [6.45, 7) is 1.86. The SMILES string of the molecule is Cc1ccccc1C(=O)Oc1ccc(/C=N/NC(=O)c2cccc(Cl)c2)cc1. The lowest BCUT2D eigenvalue weighted by Crippen LogP contribution is -2.17. The zero-order valence-corrected chi connectivity index (χ0v) is 15.8. The molecule has 0 aromatic heterocycles. The van der Waals surface area contributed by atoms with Crippen LogP contribution in [0.1, 0.15) is 31.8 Å². The molecule has 0 aliphatic carbocycles. The summed E-state index contributed by atoms with van der Waals surface area (Å²) in [5.74, 6) is -0.343. The maximum Gasteiger partial charge on any atom is 0.343 e. The van der Waals surface area contributed by atoms with E-state index in [4.69, 9.17) is 16.3 Å². The number of carbonyl (C=O) groups is 2. The zero-order valence-electron chi connectivity index (χ0n) is 15.1. The van der Waals surface area contributed by atoms with Gasteiger partial charge in [0.1, 0.15) is 5.75 Å². The number of carbonyl (C=O) groups excluding carboxylic acids is 2. The Morgan fingerprint density at radius 1 is 1.00 bits per heavy atom. The van der Waals surface area contributed by atoms with E-state index in [0.717, 1.165) is 11.1 Å². The van der Waals surface area contributed by atoms with Crippen LogP contribution in [0.25, 0.3) is 0 Å². The van der Waals surface area contributed by atoms with Gasteiger partial charge in [0.05, 0.1) is 11.8 Å². The highest BCUT2D eigenvalue weighted by Crippen LogP contribution is 2.15. The van der Waals surface area contributed by atoms with Crippen LogP contribution in [-0.2, 0) is 0 Å². The highest BCUT2D eigenvalue weighted by molar-refractivity contribution is 6.30. The number of aryl methyl sites for hydroxylation is 1. The molecule has 140 valence electrons. The fourth-order valence-corrected chi connectivity index (χ4v) is 2.64. The summed E-state index contributed by atoms with van der Waals surface area (Å²) in [5, 5.41) is 4.40. The Labute approximate surface area is 167 Å². The quantitative estimate of drug-likeness (QED) is 0.298. The molecular formula is C22H17ClN2O3. The van der Waals surface area contributed by atoms with E-state index < -0.39 is 5.97 Å². The van der Waals surface area contributed by atoms with E-state index in [2.05, 4.69) is 10.5 Å². The standard InChI is InChI=1S/C22H17ClN2O3/c1-15-5-2-3-8-20(15)22(27)28-19-11-9-16(10-12-19)14-24-25-21(26)17-6-4-7-18(23)13-17/h2-14H,1H3,(H,25,26)/b24-14+. The van der Waals surface area contributed by atoms with Gasteiger partial charge >= 0.3 is 5.97 Å². The number of halogens is 1. The van der Waals surface area contributed by atoms with Gasteiger partial charge in [-0.25, -0.2) is 10.2 Å². The molecule has 0 aliphatic heterocycles. The van der Waals surface area contributed by atoms with Gasteiger partial charge in [-0.05, 0) is 66.6 Å². The summed E-state index contributed by atoms with van der Waals surface area (Å²) in [7, 11) is 0. The number of hydrogen-bond donors (Lipinski definition) is 1. The lowest BCUT2D eigenvalue weighted by Gasteiger charge is -2.06. The Morgan fingerprint density at radius 3 is 2.46 bits per heavy atom. The van der Waals surface area contributed by atoms with E-state index in [9.17, 15) is 9.59 Å². The molecule has 6 heteroatoms. The molecule has 28 heavy (non-hydrogen) atoms. The predicted molar refractivity (Wildman–Crippen MR) is 109 cm³/mol. The normalized spacial score (nSPS) is 10.6. The third-order valence-corrected chi connectivity index (χ3v) is 4.16. The molecule has 0 bridgehead atoms. The molecule has 0 atom stereocenters. The van der Waals surface area contributed by atoms with Crippen molar-refractivity contribution < 1.29 is 14.3 Å². The summed E-state index contributed by atoms with van der Waals surface area (Å²) in [4.78, 5) is 24.2. The first kappa shape index (κ1) is 19.3. The fraction of sp³-hybridized carbons (Fsp3) is 0.0455. The Hall–Kier alpha value is -3.44. The molecule has 3 rings (SSSR count). The van der Waals surface area contributed by atoms with Gasteiger partial charge in [-0.1, -0.05) is 35.9 Å². The third kappa shape index (κ3) is 5.05. The minimum atomic E-state index is -0.409. The lowest BCUT2D eigenvalue weighted by molar-refractivity contribution is 0.0733. The Bertz CT molecular complexity index is 1030. The topological polar surface area (TPSA) is 67.8 Å². The van der Waals surface area contributed by atoms with E-state index in [1.807, 2.05) is 19.1 Å². The van der Waals surface area contributed by atoms with Crippen LogP contribution in [0.2, 0.25) is 5.02 Å². The average Bonchev–Trinajstić information content (AvgIpc) is 2.69. The van der Waals surface area contributed by atoms with Gasteiger partial charge in [0.15, 0.2) is 0 Å². The number of nitrogens with one attached hydrogen (secondary N) is 1. The molecule has 0 aliphatic rings. The summed E-state index contributed by atoms with van der Waals surface area (Å²) < 4.78 is 5.38. The minimum Gasteiger partial charge on any atom is -0.423 e. The number of nitrogens with zero attached hydrogens (tertiary/aromatic N) is 1. The Kier molecular flexibility index (Phi) is 6.19. The fourth-order valence-electron chi connectivity index (χ4n) is 2.45. The third-order valence-electron chi connectivity index (χ3n) is 3.92. The van der Waals surface area contributed by atoms with E-state index in [1.54, 1.807) is 60.7 Å². The molecule has 0 radical (unpaired) electrons. The molecule has 0 saturated carbocycles. The highest BCUT2D eigenvalue weighted by atomic mass is 35.5. The largest absolute Gasteiger partial charge is 0.423 e. The second-order valence-electron chi connectivity index (χ2n) is 5.98. The molecular weight excluding hydrogens is 376 g/mol. The summed E-state index contributed by atoms with van der Waals surface area (Å²) in [6.07, 6.45) is 1.50. The van der Waals surface area contributed by atoms with Crippen molar-refractivity contribution in [3.63, 3.8) is 0 Å². The van der Waals surface area contributed by atoms with Crippen molar-refractivity contribution in [3.05, 3.63) is 100 Å². The first-order valence-electron chi connectivity index (χ1n) is 8.50. The predicted octanol–water partition coefficient (Wildman–Crippen LogP) is 4.63. The van der Waals surface area contributed by atoms with E-state index in [1.165, 1.54) is 6.21 Å². The maximum atomic E-state index is 12.2. The summed E-state index contributed by atoms with van der Waals surface area (Å²) >= 11 is 5.86. The van der Waals surface area contributed by atoms with Crippen molar-refractivity contribution in [3.8, 4) is 5.75 Å². The number of benzene rings is 3.